The second-order valence-electron chi connectivity index (χ2n) is 5.47. The molecule has 2 rings (SSSR count). The predicted octanol–water partition coefficient (Wildman–Crippen LogP) is -0.838. The van der Waals surface area contributed by atoms with Crippen molar-refractivity contribution in [1.82, 2.24) is 4.72 Å². The molecule has 0 aliphatic heterocycles. The van der Waals surface area contributed by atoms with Crippen molar-refractivity contribution in [3.05, 3.63) is 64.1 Å². The van der Waals surface area contributed by atoms with Gasteiger partial charge in [-0.25, -0.2) is 13.1 Å². The minimum absolute atomic E-state index is 0. The van der Waals surface area contributed by atoms with Crippen molar-refractivity contribution in [2.45, 2.75) is 10.9 Å². The fourth-order valence-corrected chi connectivity index (χ4v) is 4.10. The first kappa shape index (κ1) is 21.2. The first-order valence-electron chi connectivity index (χ1n) is 7.11. The van der Waals surface area contributed by atoms with Gasteiger partial charge < -0.3 is 17.3 Å². The van der Waals surface area contributed by atoms with Crippen molar-refractivity contribution in [3.63, 3.8) is 0 Å². The van der Waals surface area contributed by atoms with E-state index in [1.807, 2.05) is 44.4 Å². The Bertz CT molecular complexity index is 768. The maximum absolute atomic E-state index is 12.5. The normalized spacial score (nSPS) is 12.7. The molecule has 24 heavy (non-hydrogen) atoms. The van der Waals surface area contributed by atoms with E-state index in [-0.39, 0.29) is 34.9 Å². The highest BCUT2D eigenvalue weighted by atomic mass is 35.5. The van der Waals surface area contributed by atoms with E-state index in [2.05, 4.69) is 4.72 Å². The van der Waals surface area contributed by atoms with Gasteiger partial charge in [0.05, 0.1) is 25.7 Å². The summed E-state index contributed by atoms with van der Waals surface area (Å²) in [6.07, 6.45) is 0. The van der Waals surface area contributed by atoms with Crippen LogP contribution in [0, 0.1) is 0 Å². The molecule has 0 radical (unpaired) electrons. The molecule has 0 aliphatic rings. The molecule has 0 bridgehead atoms. The van der Waals surface area contributed by atoms with Crippen molar-refractivity contribution in [2.75, 3.05) is 20.6 Å². The Morgan fingerprint density at radius 2 is 1.71 bits per heavy atom. The molecular formula is C16H19Cl3N2O2S. The number of quaternary nitrogens is 1. The SMILES string of the molecule is C[NH+](C)C(CNS(=O)(=O)c1cc(Cl)ccc1Cl)c1ccccc1.[Cl-]. The highest BCUT2D eigenvalue weighted by Crippen LogP contribution is 2.25. The molecule has 1 unspecified atom stereocenters. The summed E-state index contributed by atoms with van der Waals surface area (Å²) in [6.45, 7) is 0.261. The van der Waals surface area contributed by atoms with Gasteiger partial charge in [0.2, 0.25) is 10.0 Å². The molecule has 0 amide bonds. The first-order chi connectivity index (χ1) is 10.8. The highest BCUT2D eigenvalue weighted by molar-refractivity contribution is 7.89. The Morgan fingerprint density at radius 3 is 2.29 bits per heavy atom. The minimum Gasteiger partial charge on any atom is -1.00 e. The molecule has 0 aromatic heterocycles. The van der Waals surface area contributed by atoms with Gasteiger partial charge in [-0.05, 0) is 18.2 Å². The average Bonchev–Trinajstić information content (AvgIpc) is 2.50. The quantitative estimate of drug-likeness (QED) is 0.654. The van der Waals surface area contributed by atoms with Crippen molar-refractivity contribution in [3.8, 4) is 0 Å². The average molecular weight is 410 g/mol. The lowest BCUT2D eigenvalue weighted by atomic mass is 10.1. The van der Waals surface area contributed by atoms with E-state index in [1.165, 1.54) is 12.1 Å². The van der Waals surface area contributed by atoms with Crippen molar-refractivity contribution >= 4 is 33.2 Å². The largest absolute Gasteiger partial charge is 1.00 e. The second kappa shape index (κ2) is 9.04. The zero-order valence-corrected chi connectivity index (χ0v) is 16.3. The standard InChI is InChI=1S/C16H18Cl2N2O2S.ClH/c1-20(2)15(12-6-4-3-5-7-12)11-19-23(21,22)16-10-13(17)8-9-14(16)18;/h3-10,15,19H,11H2,1-2H3;1H. The summed E-state index contributed by atoms with van der Waals surface area (Å²) in [5.41, 5.74) is 1.06. The number of benzene rings is 2. The van der Waals surface area contributed by atoms with Gasteiger partial charge >= 0.3 is 0 Å². The summed E-state index contributed by atoms with van der Waals surface area (Å²) in [7, 11) is 0.239. The fraction of sp³-hybridized carbons (Fsp3) is 0.250. The fourth-order valence-electron chi connectivity index (χ4n) is 2.29. The van der Waals surface area contributed by atoms with Crippen LogP contribution >= 0.6 is 23.2 Å². The van der Waals surface area contributed by atoms with Crippen LogP contribution in [0.25, 0.3) is 0 Å². The molecule has 2 aromatic rings. The van der Waals surface area contributed by atoms with E-state index in [0.29, 0.717) is 5.02 Å². The van der Waals surface area contributed by atoms with E-state index in [1.54, 1.807) is 6.07 Å². The smallest absolute Gasteiger partial charge is 0.242 e. The third-order valence-electron chi connectivity index (χ3n) is 3.56. The van der Waals surface area contributed by atoms with Gasteiger partial charge in [-0.1, -0.05) is 53.5 Å². The minimum atomic E-state index is -3.73. The second-order valence-corrected chi connectivity index (χ2v) is 8.05. The van der Waals surface area contributed by atoms with Gasteiger partial charge in [0.1, 0.15) is 10.9 Å². The van der Waals surface area contributed by atoms with Crippen LogP contribution in [0.3, 0.4) is 0 Å². The number of likely N-dealkylation sites (N-methyl/N-ethyl adjacent to an activating group) is 1. The van der Waals surface area contributed by atoms with Crippen molar-refractivity contribution in [2.24, 2.45) is 0 Å². The van der Waals surface area contributed by atoms with E-state index < -0.39 is 10.0 Å². The van der Waals surface area contributed by atoms with Crippen LogP contribution in [-0.4, -0.2) is 29.1 Å². The lowest BCUT2D eigenvalue weighted by Crippen LogP contribution is -3.07. The molecule has 2 N–H and O–H groups in total. The zero-order chi connectivity index (χ0) is 17.0. The summed E-state index contributed by atoms with van der Waals surface area (Å²) in [6, 6.07) is 14.2. The summed E-state index contributed by atoms with van der Waals surface area (Å²) in [5.74, 6) is 0. The molecular weight excluding hydrogens is 391 g/mol. The summed E-state index contributed by atoms with van der Waals surface area (Å²) in [5, 5.41) is 0.475. The van der Waals surface area contributed by atoms with Gasteiger partial charge in [0.15, 0.2) is 0 Å². The van der Waals surface area contributed by atoms with E-state index in [4.69, 9.17) is 23.2 Å². The Balaban J connectivity index is 0.00000288. The number of halogens is 3. The van der Waals surface area contributed by atoms with Crippen LogP contribution in [0.1, 0.15) is 11.6 Å². The first-order valence-corrected chi connectivity index (χ1v) is 9.35. The Morgan fingerprint density at radius 1 is 1.08 bits per heavy atom. The molecule has 0 aliphatic carbocycles. The van der Waals surface area contributed by atoms with Crippen molar-refractivity contribution in [1.29, 1.82) is 0 Å². The summed E-state index contributed by atoms with van der Waals surface area (Å²) in [4.78, 5) is 1.11. The Kier molecular flexibility index (Phi) is 7.99. The summed E-state index contributed by atoms with van der Waals surface area (Å²) < 4.78 is 27.6. The number of hydrogen-bond donors (Lipinski definition) is 2. The molecule has 1 atom stereocenters. The molecule has 0 heterocycles. The van der Waals surface area contributed by atoms with Gasteiger partial charge in [-0.15, -0.1) is 0 Å². The monoisotopic (exact) mass is 408 g/mol. The number of rotatable bonds is 6. The molecule has 8 heteroatoms. The molecule has 2 aromatic carbocycles. The number of sulfonamides is 1. The predicted molar refractivity (Wildman–Crippen MR) is 93.6 cm³/mol. The molecule has 0 saturated heterocycles. The topological polar surface area (TPSA) is 50.6 Å². The molecule has 132 valence electrons. The lowest BCUT2D eigenvalue weighted by molar-refractivity contribution is -0.890. The highest BCUT2D eigenvalue weighted by Gasteiger charge is 2.23. The third kappa shape index (κ3) is 5.34. The van der Waals surface area contributed by atoms with Gasteiger partial charge in [-0.2, -0.15) is 0 Å². The molecule has 0 fully saturated rings. The zero-order valence-electron chi connectivity index (χ0n) is 13.3. The Hall–Kier alpha value is -0.820. The Labute approximate surface area is 159 Å². The van der Waals surface area contributed by atoms with Gasteiger partial charge in [0.25, 0.3) is 0 Å². The molecule has 4 nitrogen and oxygen atoms in total. The van der Waals surface area contributed by atoms with Crippen molar-refractivity contribution < 1.29 is 25.7 Å². The lowest BCUT2D eigenvalue weighted by Gasteiger charge is -2.22. The number of nitrogens with one attached hydrogen (secondary N) is 2. The van der Waals surface area contributed by atoms with Crippen LogP contribution < -0.4 is 22.0 Å². The summed E-state index contributed by atoms with van der Waals surface area (Å²) >= 11 is 11.9. The maximum Gasteiger partial charge on any atom is 0.242 e. The van der Waals surface area contributed by atoms with Crippen LogP contribution in [0.2, 0.25) is 10.0 Å². The van der Waals surface area contributed by atoms with E-state index >= 15 is 0 Å². The van der Waals surface area contributed by atoms with Crippen LogP contribution in [0.4, 0.5) is 0 Å². The van der Waals surface area contributed by atoms with Crippen LogP contribution in [-0.2, 0) is 10.0 Å². The number of hydrogen-bond acceptors (Lipinski definition) is 2. The van der Waals surface area contributed by atoms with Gasteiger partial charge in [0, 0.05) is 10.6 Å². The third-order valence-corrected chi connectivity index (χ3v) is 5.70. The van der Waals surface area contributed by atoms with Gasteiger partial charge in [-0.3, -0.25) is 0 Å². The van der Waals surface area contributed by atoms with Crippen LogP contribution in [0.5, 0.6) is 0 Å². The van der Waals surface area contributed by atoms with Crippen LogP contribution in [0.15, 0.2) is 53.4 Å². The van der Waals surface area contributed by atoms with E-state index in [0.717, 1.165) is 10.5 Å². The molecule has 0 saturated carbocycles. The maximum atomic E-state index is 12.5. The van der Waals surface area contributed by atoms with E-state index in [9.17, 15) is 8.42 Å². The molecule has 0 spiro atoms.